The molecule has 1 aliphatic heterocycles. The van der Waals surface area contributed by atoms with Crippen LogP contribution in [0.1, 0.15) is 61.5 Å². The standard InChI is InChI=1S/C29H31ClN4O4/c1-17-27(18(2)38-32-17)19-4-13-25-24(16-19)31-28(33(25)21-9-11-23(36-3)12-10-21)26-14-15-37-29(35)34(26)22-7-5-20(30)6-8-22/h4-8,13,16,21,23,26H,9-12,14-15H2,1-3H3/t21?,23?,26-/m0/s1. The fourth-order valence-corrected chi connectivity index (χ4v) is 6.17. The minimum Gasteiger partial charge on any atom is -0.449 e. The van der Waals surface area contributed by atoms with Crippen LogP contribution in [0.3, 0.4) is 0 Å². The van der Waals surface area contributed by atoms with Gasteiger partial charge in [0.25, 0.3) is 0 Å². The van der Waals surface area contributed by atoms with E-state index in [1.54, 1.807) is 24.1 Å². The van der Waals surface area contributed by atoms with Gasteiger partial charge in [-0.1, -0.05) is 22.8 Å². The molecule has 2 aliphatic rings. The number of rotatable bonds is 5. The summed E-state index contributed by atoms with van der Waals surface area (Å²) in [5.74, 6) is 1.66. The van der Waals surface area contributed by atoms with Gasteiger partial charge in [-0.05, 0) is 81.5 Å². The molecule has 0 radical (unpaired) electrons. The first-order valence-electron chi connectivity index (χ1n) is 13.1. The van der Waals surface area contributed by atoms with Crippen LogP contribution in [0.5, 0.6) is 0 Å². The number of anilines is 1. The summed E-state index contributed by atoms with van der Waals surface area (Å²) in [5, 5.41) is 4.75. The van der Waals surface area contributed by atoms with Crippen molar-refractivity contribution < 1.29 is 18.8 Å². The van der Waals surface area contributed by atoms with Gasteiger partial charge in [0.05, 0.1) is 29.4 Å². The Balaban J connectivity index is 1.49. The second-order valence-electron chi connectivity index (χ2n) is 10.2. The van der Waals surface area contributed by atoms with Crippen LogP contribution in [-0.4, -0.2) is 40.6 Å². The molecule has 8 nitrogen and oxygen atoms in total. The molecule has 0 spiro atoms. The van der Waals surface area contributed by atoms with Gasteiger partial charge in [0.2, 0.25) is 0 Å². The van der Waals surface area contributed by atoms with Gasteiger partial charge in [-0.15, -0.1) is 0 Å². The number of carbonyl (C=O) groups is 1. The van der Waals surface area contributed by atoms with Crippen LogP contribution >= 0.6 is 11.6 Å². The smallest absolute Gasteiger partial charge is 0.414 e. The molecule has 9 heteroatoms. The highest BCUT2D eigenvalue weighted by Gasteiger charge is 2.37. The van der Waals surface area contributed by atoms with Crippen LogP contribution in [0, 0.1) is 13.8 Å². The molecule has 4 aromatic rings. The lowest BCUT2D eigenvalue weighted by Gasteiger charge is -2.37. The number of cyclic esters (lactones) is 1. The molecule has 38 heavy (non-hydrogen) atoms. The quantitative estimate of drug-likeness (QED) is 0.270. The van der Waals surface area contributed by atoms with Crippen LogP contribution in [0.4, 0.5) is 10.5 Å². The van der Waals surface area contributed by atoms with Gasteiger partial charge in [0, 0.05) is 35.8 Å². The molecule has 1 aliphatic carbocycles. The van der Waals surface area contributed by atoms with Gasteiger partial charge in [0.1, 0.15) is 17.6 Å². The Labute approximate surface area is 226 Å². The number of carbonyl (C=O) groups excluding carboxylic acids is 1. The molecule has 2 aromatic heterocycles. The fourth-order valence-electron chi connectivity index (χ4n) is 6.04. The van der Waals surface area contributed by atoms with E-state index in [1.165, 1.54) is 0 Å². The third-order valence-electron chi connectivity index (χ3n) is 7.91. The Hall–Kier alpha value is -3.36. The molecule has 1 amide bonds. The van der Waals surface area contributed by atoms with Gasteiger partial charge in [0.15, 0.2) is 0 Å². The van der Waals surface area contributed by atoms with Gasteiger partial charge in [-0.25, -0.2) is 9.78 Å². The van der Waals surface area contributed by atoms with Crippen LogP contribution in [0.25, 0.3) is 22.2 Å². The number of hydrogen-bond donors (Lipinski definition) is 0. The Morgan fingerprint density at radius 1 is 1.03 bits per heavy atom. The Morgan fingerprint density at radius 3 is 2.47 bits per heavy atom. The minimum absolute atomic E-state index is 0.260. The molecular formula is C29H31ClN4O4. The number of nitrogens with zero attached hydrogens (tertiary/aromatic N) is 4. The number of benzene rings is 2. The summed E-state index contributed by atoms with van der Waals surface area (Å²) in [6.07, 6.45) is 4.51. The SMILES string of the molecule is COC1CCC(n2c([C@@H]3CCOC(=O)N3c3ccc(Cl)cc3)nc3cc(-c4c(C)noc4C)ccc32)CC1. The zero-order chi connectivity index (χ0) is 26.4. The summed E-state index contributed by atoms with van der Waals surface area (Å²) in [5.41, 5.74) is 5.55. The number of ether oxygens (including phenoxy) is 2. The predicted molar refractivity (Wildman–Crippen MR) is 146 cm³/mol. The van der Waals surface area contributed by atoms with E-state index >= 15 is 0 Å². The van der Waals surface area contributed by atoms with Crippen molar-refractivity contribution >= 4 is 34.4 Å². The van der Waals surface area contributed by atoms with E-state index < -0.39 is 0 Å². The maximum atomic E-state index is 13.1. The lowest BCUT2D eigenvalue weighted by molar-refractivity contribution is 0.0582. The maximum Gasteiger partial charge on any atom is 0.414 e. The second kappa shape index (κ2) is 10.1. The number of imidazole rings is 1. The predicted octanol–water partition coefficient (Wildman–Crippen LogP) is 7.18. The number of aromatic nitrogens is 3. The van der Waals surface area contributed by atoms with Gasteiger partial charge in [-0.2, -0.15) is 0 Å². The molecular weight excluding hydrogens is 504 g/mol. The normalized spacial score (nSPS) is 22.2. The van der Waals surface area contributed by atoms with Crippen molar-refractivity contribution in [3.05, 3.63) is 64.8 Å². The van der Waals surface area contributed by atoms with Crippen molar-refractivity contribution in [2.45, 2.75) is 64.1 Å². The van der Waals surface area contributed by atoms with E-state index in [9.17, 15) is 4.79 Å². The fraction of sp³-hybridized carbons (Fsp3) is 0.414. The van der Waals surface area contributed by atoms with E-state index in [0.29, 0.717) is 18.1 Å². The number of halogens is 1. The van der Waals surface area contributed by atoms with Gasteiger partial charge >= 0.3 is 6.09 Å². The molecule has 1 saturated heterocycles. The largest absolute Gasteiger partial charge is 0.449 e. The van der Waals surface area contributed by atoms with Crippen molar-refractivity contribution in [3.63, 3.8) is 0 Å². The summed E-state index contributed by atoms with van der Waals surface area (Å²) in [7, 11) is 1.79. The zero-order valence-electron chi connectivity index (χ0n) is 21.8. The third kappa shape index (κ3) is 4.35. The first-order chi connectivity index (χ1) is 18.4. The molecule has 3 heterocycles. The van der Waals surface area contributed by atoms with Crippen LogP contribution in [-0.2, 0) is 9.47 Å². The highest BCUT2D eigenvalue weighted by atomic mass is 35.5. The average Bonchev–Trinajstić information content (AvgIpc) is 3.48. The molecule has 198 valence electrons. The highest BCUT2D eigenvalue weighted by molar-refractivity contribution is 6.30. The monoisotopic (exact) mass is 534 g/mol. The molecule has 0 bridgehead atoms. The molecule has 2 fully saturated rings. The summed E-state index contributed by atoms with van der Waals surface area (Å²) in [6, 6.07) is 13.6. The zero-order valence-corrected chi connectivity index (χ0v) is 22.6. The first kappa shape index (κ1) is 24.9. The minimum atomic E-state index is -0.373. The molecule has 0 unspecified atom stereocenters. The van der Waals surface area contributed by atoms with Crippen molar-refractivity contribution in [1.82, 2.24) is 14.7 Å². The number of amides is 1. The first-order valence-corrected chi connectivity index (χ1v) is 13.5. The molecule has 0 N–H and O–H groups in total. The number of methoxy groups -OCH3 is 1. The Morgan fingerprint density at radius 2 is 1.79 bits per heavy atom. The average molecular weight is 535 g/mol. The van der Waals surface area contributed by atoms with Gasteiger partial charge in [-0.3, -0.25) is 4.90 Å². The van der Waals surface area contributed by atoms with Crippen LogP contribution in [0.15, 0.2) is 47.0 Å². The van der Waals surface area contributed by atoms with E-state index in [1.807, 2.05) is 26.0 Å². The van der Waals surface area contributed by atoms with E-state index in [4.69, 9.17) is 30.6 Å². The summed E-state index contributed by atoms with van der Waals surface area (Å²) in [4.78, 5) is 20.1. The lowest BCUT2D eigenvalue weighted by Crippen LogP contribution is -2.42. The van der Waals surface area contributed by atoms with E-state index in [2.05, 4.69) is 27.9 Å². The molecule has 6 rings (SSSR count). The summed E-state index contributed by atoms with van der Waals surface area (Å²) < 4.78 is 18.9. The van der Waals surface area contributed by atoms with E-state index in [-0.39, 0.29) is 24.3 Å². The maximum absolute atomic E-state index is 13.1. The van der Waals surface area contributed by atoms with Crippen molar-refractivity contribution in [2.75, 3.05) is 18.6 Å². The van der Waals surface area contributed by atoms with Crippen molar-refractivity contribution in [3.8, 4) is 11.1 Å². The third-order valence-corrected chi connectivity index (χ3v) is 8.16. The Bertz CT molecular complexity index is 1450. The number of hydrogen-bond acceptors (Lipinski definition) is 6. The summed E-state index contributed by atoms with van der Waals surface area (Å²) in [6.45, 7) is 4.22. The summed E-state index contributed by atoms with van der Waals surface area (Å²) >= 11 is 6.15. The number of aryl methyl sites for hydroxylation is 2. The van der Waals surface area contributed by atoms with Crippen LogP contribution < -0.4 is 4.90 Å². The number of fused-ring (bicyclic) bond motifs is 1. The molecule has 1 atom stereocenters. The Kier molecular flexibility index (Phi) is 6.61. The lowest BCUT2D eigenvalue weighted by atomic mass is 9.92. The van der Waals surface area contributed by atoms with E-state index in [0.717, 1.165) is 70.8 Å². The highest BCUT2D eigenvalue weighted by Crippen LogP contribution is 2.41. The van der Waals surface area contributed by atoms with Gasteiger partial charge < -0.3 is 18.6 Å². The topological polar surface area (TPSA) is 82.6 Å². The van der Waals surface area contributed by atoms with Crippen LogP contribution in [0.2, 0.25) is 5.02 Å². The van der Waals surface area contributed by atoms with Crippen molar-refractivity contribution in [1.29, 1.82) is 0 Å². The molecule has 2 aromatic carbocycles. The van der Waals surface area contributed by atoms with Crippen molar-refractivity contribution in [2.24, 2.45) is 0 Å². The second-order valence-corrected chi connectivity index (χ2v) is 10.6. The molecule has 1 saturated carbocycles.